The molecule has 0 atom stereocenters. The van der Waals surface area contributed by atoms with Crippen LogP contribution in [0.5, 0.6) is 0 Å². The monoisotopic (exact) mass is 271 g/mol. The molecule has 2 nitrogen and oxygen atoms in total. The second-order valence-electron chi connectivity index (χ2n) is 2.45. The highest BCUT2D eigenvalue weighted by Gasteiger charge is 2.03. The molecule has 0 aliphatic heterocycles. The van der Waals surface area contributed by atoms with Gasteiger partial charge in [0, 0.05) is 4.47 Å². The highest BCUT2D eigenvalue weighted by molar-refractivity contribution is 9.10. The van der Waals surface area contributed by atoms with Crippen LogP contribution in [0.3, 0.4) is 0 Å². The normalized spacial score (nSPS) is 8.79. The van der Waals surface area contributed by atoms with Crippen molar-refractivity contribution in [2.75, 3.05) is 5.32 Å². The Bertz CT molecular complexity index is 420. The molecular formula is C10H7BrClNO. The van der Waals surface area contributed by atoms with Gasteiger partial charge in [0.15, 0.2) is 0 Å². The summed E-state index contributed by atoms with van der Waals surface area (Å²) in [6.45, 7) is 1.60. The van der Waals surface area contributed by atoms with Crippen LogP contribution in [0.1, 0.15) is 6.92 Å². The lowest BCUT2D eigenvalue weighted by molar-refractivity contribution is -0.111. The Hall–Kier alpha value is -0.980. The molecule has 0 fully saturated rings. The number of anilines is 1. The summed E-state index contributed by atoms with van der Waals surface area (Å²) in [5, 5.41) is 3.06. The minimum atomic E-state index is -0.368. The first-order chi connectivity index (χ1) is 6.63. The number of rotatable bonds is 1. The maximum Gasteiger partial charge on any atom is 0.300 e. The SMILES string of the molecule is CC#CC(=O)Nc1cc(Br)ccc1Cl. The third-order valence-corrected chi connectivity index (χ3v) is 2.24. The Kier molecular flexibility index (Phi) is 3.99. The van der Waals surface area contributed by atoms with Crippen LogP contribution in [0.25, 0.3) is 0 Å². The van der Waals surface area contributed by atoms with E-state index in [0.29, 0.717) is 10.7 Å². The number of hydrogen-bond donors (Lipinski definition) is 1. The summed E-state index contributed by atoms with van der Waals surface area (Å²) >= 11 is 9.14. The second kappa shape index (κ2) is 5.04. The van der Waals surface area contributed by atoms with Crippen molar-refractivity contribution < 1.29 is 4.79 Å². The summed E-state index contributed by atoms with van der Waals surface area (Å²) in [6.07, 6.45) is 0. The van der Waals surface area contributed by atoms with Crippen LogP contribution in [0.2, 0.25) is 5.02 Å². The Labute approximate surface area is 95.8 Å². The summed E-state index contributed by atoms with van der Waals surface area (Å²) in [6, 6.07) is 5.21. The molecule has 0 saturated carbocycles. The van der Waals surface area contributed by atoms with E-state index in [0.717, 1.165) is 4.47 Å². The van der Waals surface area contributed by atoms with Crippen LogP contribution in [0, 0.1) is 11.8 Å². The zero-order valence-corrected chi connectivity index (χ0v) is 9.74. The van der Waals surface area contributed by atoms with Crippen molar-refractivity contribution >= 4 is 39.1 Å². The Morgan fingerprint density at radius 3 is 2.93 bits per heavy atom. The lowest BCUT2D eigenvalue weighted by Gasteiger charge is -2.03. The van der Waals surface area contributed by atoms with Gasteiger partial charge in [0.05, 0.1) is 10.7 Å². The highest BCUT2D eigenvalue weighted by atomic mass is 79.9. The van der Waals surface area contributed by atoms with Gasteiger partial charge < -0.3 is 5.32 Å². The van der Waals surface area contributed by atoms with Gasteiger partial charge in [-0.2, -0.15) is 0 Å². The number of halogens is 2. The third-order valence-electron chi connectivity index (χ3n) is 1.42. The molecule has 72 valence electrons. The van der Waals surface area contributed by atoms with Crippen LogP contribution in [0.4, 0.5) is 5.69 Å². The zero-order chi connectivity index (χ0) is 10.6. The van der Waals surface area contributed by atoms with E-state index in [9.17, 15) is 4.79 Å². The molecule has 0 spiro atoms. The van der Waals surface area contributed by atoms with Gasteiger partial charge in [0.1, 0.15) is 0 Å². The van der Waals surface area contributed by atoms with Gasteiger partial charge in [-0.1, -0.05) is 33.5 Å². The third kappa shape index (κ3) is 3.06. The molecular weight excluding hydrogens is 265 g/mol. The van der Waals surface area contributed by atoms with Gasteiger partial charge in [-0.05, 0) is 31.0 Å². The average Bonchev–Trinajstić information content (AvgIpc) is 2.12. The van der Waals surface area contributed by atoms with Crippen LogP contribution >= 0.6 is 27.5 Å². The molecule has 1 N–H and O–H groups in total. The molecule has 1 aromatic rings. The first-order valence-corrected chi connectivity index (χ1v) is 4.99. The van der Waals surface area contributed by atoms with Crippen molar-refractivity contribution in [1.82, 2.24) is 0 Å². The summed E-state index contributed by atoms with van der Waals surface area (Å²) < 4.78 is 0.849. The van der Waals surface area contributed by atoms with E-state index in [-0.39, 0.29) is 5.91 Å². The topological polar surface area (TPSA) is 29.1 Å². The number of carbonyl (C=O) groups excluding carboxylic acids is 1. The Balaban J connectivity index is 2.89. The minimum absolute atomic E-state index is 0.368. The van der Waals surface area contributed by atoms with Crippen molar-refractivity contribution in [3.05, 3.63) is 27.7 Å². The van der Waals surface area contributed by atoms with E-state index >= 15 is 0 Å². The number of benzene rings is 1. The molecule has 0 aliphatic carbocycles. The van der Waals surface area contributed by atoms with E-state index in [1.165, 1.54) is 0 Å². The predicted molar refractivity (Wildman–Crippen MR) is 61.2 cm³/mol. The summed E-state index contributed by atoms with van der Waals surface area (Å²) in [4.78, 5) is 11.1. The maximum absolute atomic E-state index is 11.1. The molecule has 0 aromatic heterocycles. The van der Waals surface area contributed by atoms with Gasteiger partial charge in [-0.15, -0.1) is 0 Å². The lowest BCUT2D eigenvalue weighted by Crippen LogP contribution is -2.08. The molecule has 1 rings (SSSR count). The van der Waals surface area contributed by atoms with E-state index < -0.39 is 0 Å². The van der Waals surface area contributed by atoms with E-state index in [1.807, 2.05) is 0 Å². The van der Waals surface area contributed by atoms with Crippen molar-refractivity contribution in [2.45, 2.75) is 6.92 Å². The molecule has 0 saturated heterocycles. The molecule has 1 aromatic carbocycles. The van der Waals surface area contributed by atoms with Gasteiger partial charge in [0.25, 0.3) is 5.91 Å². The van der Waals surface area contributed by atoms with Gasteiger partial charge >= 0.3 is 0 Å². The fourth-order valence-electron chi connectivity index (χ4n) is 0.860. The van der Waals surface area contributed by atoms with Gasteiger partial charge in [-0.25, -0.2) is 0 Å². The highest BCUT2D eigenvalue weighted by Crippen LogP contribution is 2.25. The lowest BCUT2D eigenvalue weighted by atomic mass is 10.3. The zero-order valence-electron chi connectivity index (χ0n) is 7.40. The quantitative estimate of drug-likeness (QED) is 0.782. The van der Waals surface area contributed by atoms with Gasteiger partial charge in [0.2, 0.25) is 0 Å². The van der Waals surface area contributed by atoms with Crippen LogP contribution in [-0.2, 0) is 4.79 Å². The second-order valence-corrected chi connectivity index (χ2v) is 3.78. The standard InChI is InChI=1S/C10H7BrClNO/c1-2-3-10(14)13-9-6-7(11)4-5-8(9)12/h4-6H,1H3,(H,13,14). The summed E-state index contributed by atoms with van der Waals surface area (Å²) in [7, 11) is 0. The van der Waals surface area contributed by atoms with Crippen LogP contribution < -0.4 is 5.32 Å². The predicted octanol–water partition coefficient (Wildman–Crippen LogP) is 3.06. The fraction of sp³-hybridized carbons (Fsp3) is 0.100. The molecule has 0 bridgehead atoms. The van der Waals surface area contributed by atoms with Crippen molar-refractivity contribution in [3.8, 4) is 11.8 Å². The Morgan fingerprint density at radius 1 is 1.57 bits per heavy atom. The summed E-state index contributed by atoms with van der Waals surface area (Å²) in [5.74, 6) is 4.50. The van der Waals surface area contributed by atoms with Crippen LogP contribution in [-0.4, -0.2) is 5.91 Å². The summed E-state index contributed by atoms with van der Waals surface area (Å²) in [5.41, 5.74) is 0.550. The number of hydrogen-bond acceptors (Lipinski definition) is 1. The first kappa shape index (κ1) is 11.1. The van der Waals surface area contributed by atoms with E-state index in [1.54, 1.807) is 25.1 Å². The number of nitrogens with one attached hydrogen (secondary N) is 1. The van der Waals surface area contributed by atoms with E-state index in [4.69, 9.17) is 11.6 Å². The van der Waals surface area contributed by atoms with Crippen LogP contribution in [0.15, 0.2) is 22.7 Å². The molecule has 1 amide bonds. The number of carbonyl (C=O) groups is 1. The smallest absolute Gasteiger partial charge is 0.300 e. The molecule has 0 aliphatic rings. The molecule has 14 heavy (non-hydrogen) atoms. The first-order valence-electron chi connectivity index (χ1n) is 3.82. The average molecular weight is 273 g/mol. The maximum atomic E-state index is 11.1. The van der Waals surface area contributed by atoms with Crippen molar-refractivity contribution in [2.24, 2.45) is 0 Å². The minimum Gasteiger partial charge on any atom is -0.314 e. The Morgan fingerprint density at radius 2 is 2.29 bits per heavy atom. The van der Waals surface area contributed by atoms with Gasteiger partial charge in [-0.3, -0.25) is 4.79 Å². The van der Waals surface area contributed by atoms with Crippen molar-refractivity contribution in [1.29, 1.82) is 0 Å². The molecule has 4 heteroatoms. The molecule has 0 unspecified atom stereocenters. The molecule has 0 heterocycles. The largest absolute Gasteiger partial charge is 0.314 e. The van der Waals surface area contributed by atoms with E-state index in [2.05, 4.69) is 33.1 Å². The fourth-order valence-corrected chi connectivity index (χ4v) is 1.39. The number of amides is 1. The molecule has 0 radical (unpaired) electrons. The van der Waals surface area contributed by atoms with Crippen molar-refractivity contribution in [3.63, 3.8) is 0 Å².